The van der Waals surface area contributed by atoms with Gasteiger partial charge in [0.2, 0.25) is 0 Å². The second-order valence-electron chi connectivity index (χ2n) is 2.56. The lowest BCUT2D eigenvalue weighted by molar-refractivity contribution is 0.658. The van der Waals surface area contributed by atoms with Gasteiger partial charge in [0.25, 0.3) is 0 Å². The van der Waals surface area contributed by atoms with Gasteiger partial charge < -0.3 is 0 Å². The lowest BCUT2D eigenvalue weighted by atomic mass is 10.2. The molecule has 0 aliphatic carbocycles. The second kappa shape index (κ2) is 5.90. The summed E-state index contributed by atoms with van der Waals surface area (Å²) in [6.45, 7) is 7.48. The Morgan fingerprint density at radius 2 is 2.09 bits per heavy atom. The summed E-state index contributed by atoms with van der Waals surface area (Å²) in [6.07, 6.45) is 6.47. The average Bonchev–Trinajstić information content (AvgIpc) is 1.97. The molecular formula is C10H15F. The zero-order valence-corrected chi connectivity index (χ0v) is 7.23. The molecule has 0 aromatic heterocycles. The highest BCUT2D eigenvalue weighted by atomic mass is 19.1. The molecule has 0 saturated heterocycles. The van der Waals surface area contributed by atoms with Gasteiger partial charge in [-0.25, -0.2) is 4.39 Å². The number of hydrogen-bond acceptors (Lipinski definition) is 0. The maximum Gasteiger partial charge on any atom is 0.119 e. The van der Waals surface area contributed by atoms with Crippen LogP contribution in [0.2, 0.25) is 0 Å². The van der Waals surface area contributed by atoms with Crippen LogP contribution >= 0.6 is 0 Å². The molecule has 0 aliphatic heterocycles. The van der Waals surface area contributed by atoms with E-state index < -0.39 is 0 Å². The third-order valence-electron chi connectivity index (χ3n) is 1.16. The fourth-order valence-corrected chi connectivity index (χ4v) is 0.572. The van der Waals surface area contributed by atoms with Gasteiger partial charge in [0.05, 0.1) is 0 Å². The van der Waals surface area contributed by atoms with Crippen molar-refractivity contribution < 1.29 is 4.39 Å². The van der Waals surface area contributed by atoms with Crippen molar-refractivity contribution in [3.8, 4) is 0 Å². The van der Waals surface area contributed by atoms with Crippen LogP contribution in [0.3, 0.4) is 0 Å². The molecule has 0 unspecified atom stereocenters. The summed E-state index contributed by atoms with van der Waals surface area (Å²) in [6, 6.07) is 0. The maximum atomic E-state index is 12.7. The van der Waals surface area contributed by atoms with Crippen LogP contribution in [-0.2, 0) is 0 Å². The van der Waals surface area contributed by atoms with Crippen LogP contribution in [0.25, 0.3) is 0 Å². The molecule has 0 atom stereocenters. The van der Waals surface area contributed by atoms with Crippen molar-refractivity contribution >= 4 is 0 Å². The SMILES string of the molecule is C=C(C)C=CC(F)=CCCC. The second-order valence-corrected chi connectivity index (χ2v) is 2.56. The lowest BCUT2D eigenvalue weighted by Crippen LogP contribution is -1.68. The third kappa shape index (κ3) is 7.04. The van der Waals surface area contributed by atoms with Gasteiger partial charge in [-0.3, -0.25) is 0 Å². The first-order valence-corrected chi connectivity index (χ1v) is 3.86. The van der Waals surface area contributed by atoms with Crippen LogP contribution in [0.5, 0.6) is 0 Å². The standard InChI is InChI=1S/C10H15F/c1-4-5-6-10(11)8-7-9(2)3/h6-8H,2,4-5H2,1,3H3. The number of hydrogen-bond donors (Lipinski definition) is 0. The zero-order valence-electron chi connectivity index (χ0n) is 7.23. The Labute approximate surface area is 68.1 Å². The molecule has 0 amide bonds. The Kier molecular flexibility index (Phi) is 5.44. The van der Waals surface area contributed by atoms with E-state index in [2.05, 4.69) is 6.58 Å². The quantitative estimate of drug-likeness (QED) is 0.541. The van der Waals surface area contributed by atoms with Gasteiger partial charge in [-0.05, 0) is 25.5 Å². The fourth-order valence-electron chi connectivity index (χ4n) is 0.572. The summed E-state index contributed by atoms with van der Waals surface area (Å²) in [5, 5.41) is 0. The van der Waals surface area contributed by atoms with Gasteiger partial charge in [-0.2, -0.15) is 0 Å². The minimum atomic E-state index is -0.171. The Bertz CT molecular complexity index is 175. The smallest absolute Gasteiger partial charge is 0.119 e. The van der Waals surface area contributed by atoms with Crippen LogP contribution in [0.4, 0.5) is 4.39 Å². The van der Waals surface area contributed by atoms with Gasteiger partial charge >= 0.3 is 0 Å². The van der Waals surface area contributed by atoms with E-state index in [1.807, 2.05) is 13.8 Å². The number of allylic oxidation sites excluding steroid dienone is 5. The number of halogens is 1. The summed E-state index contributed by atoms with van der Waals surface area (Å²) < 4.78 is 12.7. The highest BCUT2D eigenvalue weighted by molar-refractivity contribution is 5.20. The minimum absolute atomic E-state index is 0.171. The highest BCUT2D eigenvalue weighted by Gasteiger charge is 1.84. The molecule has 1 heteroatoms. The fraction of sp³-hybridized carbons (Fsp3) is 0.400. The molecule has 0 saturated carbocycles. The van der Waals surface area contributed by atoms with Gasteiger partial charge in [-0.1, -0.05) is 31.6 Å². The minimum Gasteiger partial charge on any atom is -0.207 e. The maximum absolute atomic E-state index is 12.7. The summed E-state index contributed by atoms with van der Waals surface area (Å²) in [7, 11) is 0. The van der Waals surface area contributed by atoms with E-state index in [1.165, 1.54) is 6.08 Å². The van der Waals surface area contributed by atoms with E-state index in [0.29, 0.717) is 0 Å². The van der Waals surface area contributed by atoms with E-state index >= 15 is 0 Å². The Morgan fingerprint density at radius 3 is 2.55 bits per heavy atom. The molecule has 0 rings (SSSR count). The first kappa shape index (κ1) is 10.2. The molecule has 0 fully saturated rings. The van der Waals surface area contributed by atoms with Gasteiger partial charge in [0.1, 0.15) is 5.83 Å². The summed E-state index contributed by atoms with van der Waals surface area (Å²) in [4.78, 5) is 0. The predicted octanol–water partition coefficient (Wildman–Crippen LogP) is 3.77. The van der Waals surface area contributed by atoms with Crippen LogP contribution < -0.4 is 0 Å². The van der Waals surface area contributed by atoms with E-state index in [1.54, 1.807) is 12.2 Å². The Morgan fingerprint density at radius 1 is 1.45 bits per heavy atom. The van der Waals surface area contributed by atoms with Crippen molar-refractivity contribution in [2.75, 3.05) is 0 Å². The van der Waals surface area contributed by atoms with Crippen molar-refractivity contribution in [2.45, 2.75) is 26.7 Å². The monoisotopic (exact) mass is 154 g/mol. The van der Waals surface area contributed by atoms with Crippen molar-refractivity contribution in [1.29, 1.82) is 0 Å². The van der Waals surface area contributed by atoms with Crippen LogP contribution in [0.1, 0.15) is 26.7 Å². The topological polar surface area (TPSA) is 0 Å². The van der Waals surface area contributed by atoms with Gasteiger partial charge in [-0.15, -0.1) is 0 Å². The first-order chi connectivity index (χ1) is 5.16. The number of rotatable bonds is 4. The lowest BCUT2D eigenvalue weighted by Gasteiger charge is -1.87. The molecule has 0 aromatic rings. The normalized spacial score (nSPS) is 12.5. The molecule has 0 spiro atoms. The van der Waals surface area contributed by atoms with Crippen molar-refractivity contribution in [3.63, 3.8) is 0 Å². The molecule has 62 valence electrons. The zero-order chi connectivity index (χ0) is 8.69. The molecule has 11 heavy (non-hydrogen) atoms. The van der Waals surface area contributed by atoms with Crippen LogP contribution in [0.15, 0.2) is 36.2 Å². The average molecular weight is 154 g/mol. The summed E-state index contributed by atoms with van der Waals surface area (Å²) in [5.41, 5.74) is 0.866. The molecule has 0 bridgehead atoms. The van der Waals surface area contributed by atoms with Crippen molar-refractivity contribution in [2.24, 2.45) is 0 Å². The molecular weight excluding hydrogens is 139 g/mol. The van der Waals surface area contributed by atoms with E-state index in [0.717, 1.165) is 18.4 Å². The van der Waals surface area contributed by atoms with E-state index in [9.17, 15) is 4.39 Å². The van der Waals surface area contributed by atoms with Crippen LogP contribution in [0, 0.1) is 0 Å². The molecule has 0 N–H and O–H groups in total. The largest absolute Gasteiger partial charge is 0.207 e. The molecule has 0 nitrogen and oxygen atoms in total. The molecule has 0 radical (unpaired) electrons. The van der Waals surface area contributed by atoms with E-state index in [4.69, 9.17) is 0 Å². The van der Waals surface area contributed by atoms with E-state index in [-0.39, 0.29) is 5.83 Å². The molecule has 0 aromatic carbocycles. The van der Waals surface area contributed by atoms with Crippen molar-refractivity contribution in [3.05, 3.63) is 36.2 Å². The van der Waals surface area contributed by atoms with Gasteiger partial charge in [0.15, 0.2) is 0 Å². The predicted molar refractivity (Wildman–Crippen MR) is 48.1 cm³/mol. The summed E-state index contributed by atoms with van der Waals surface area (Å²) in [5.74, 6) is -0.171. The Balaban J connectivity index is 3.84. The molecule has 0 aliphatic rings. The number of unbranched alkanes of at least 4 members (excludes halogenated alkanes) is 1. The third-order valence-corrected chi connectivity index (χ3v) is 1.16. The van der Waals surface area contributed by atoms with Gasteiger partial charge in [0, 0.05) is 0 Å². The summed E-state index contributed by atoms with van der Waals surface area (Å²) >= 11 is 0. The van der Waals surface area contributed by atoms with Crippen LogP contribution in [-0.4, -0.2) is 0 Å². The van der Waals surface area contributed by atoms with Crippen molar-refractivity contribution in [1.82, 2.24) is 0 Å². The first-order valence-electron chi connectivity index (χ1n) is 3.86. The highest BCUT2D eigenvalue weighted by Crippen LogP contribution is 2.03. The Hall–Kier alpha value is -0.850. The molecule has 0 heterocycles.